The SMILES string of the molecule is CCn1nc(C)c(-c2cc(C(=O)N3CC4CN(C(C)=O)CCC4(CO)C3)no2)c1C. The van der Waals surface area contributed by atoms with Gasteiger partial charge in [0.2, 0.25) is 5.91 Å². The van der Waals surface area contributed by atoms with Gasteiger partial charge in [0.25, 0.3) is 5.91 Å². The van der Waals surface area contributed by atoms with Crippen molar-refractivity contribution in [1.29, 1.82) is 0 Å². The predicted molar refractivity (Wildman–Crippen MR) is 109 cm³/mol. The van der Waals surface area contributed by atoms with Gasteiger partial charge in [-0.1, -0.05) is 5.16 Å². The second-order valence-corrected chi connectivity index (χ2v) is 8.56. The van der Waals surface area contributed by atoms with E-state index >= 15 is 0 Å². The number of rotatable bonds is 4. The highest BCUT2D eigenvalue weighted by Gasteiger charge is 2.51. The topological polar surface area (TPSA) is 105 Å². The van der Waals surface area contributed by atoms with Gasteiger partial charge in [0.1, 0.15) is 0 Å². The minimum absolute atomic E-state index is 0.00580. The summed E-state index contributed by atoms with van der Waals surface area (Å²) in [5.74, 6) is 0.414. The van der Waals surface area contributed by atoms with Crippen molar-refractivity contribution in [3.05, 3.63) is 23.1 Å². The average molecular weight is 415 g/mol. The van der Waals surface area contributed by atoms with Gasteiger partial charge in [-0.2, -0.15) is 5.10 Å². The first-order chi connectivity index (χ1) is 14.3. The summed E-state index contributed by atoms with van der Waals surface area (Å²) in [6.07, 6.45) is 0.691. The van der Waals surface area contributed by atoms with Gasteiger partial charge in [-0.15, -0.1) is 0 Å². The molecule has 2 unspecified atom stereocenters. The van der Waals surface area contributed by atoms with Crippen LogP contribution in [-0.2, 0) is 11.3 Å². The van der Waals surface area contributed by atoms with E-state index in [2.05, 4.69) is 10.3 Å². The van der Waals surface area contributed by atoms with Crippen molar-refractivity contribution in [2.24, 2.45) is 11.3 Å². The Hall–Kier alpha value is -2.68. The second kappa shape index (κ2) is 7.54. The maximum Gasteiger partial charge on any atom is 0.276 e. The Morgan fingerprint density at radius 2 is 2.03 bits per heavy atom. The van der Waals surface area contributed by atoms with Crippen LogP contribution < -0.4 is 0 Å². The monoisotopic (exact) mass is 415 g/mol. The molecular formula is C21H29N5O4. The van der Waals surface area contributed by atoms with Gasteiger partial charge in [0.05, 0.1) is 17.9 Å². The molecule has 30 heavy (non-hydrogen) atoms. The van der Waals surface area contributed by atoms with Crippen LogP contribution in [-0.4, -0.2) is 74.4 Å². The molecule has 2 amide bonds. The standard InChI is InChI=1S/C21H29N5O4/c1-5-26-14(3)19(13(2)22-26)18-8-17(23-30-18)20(29)25-10-16-9-24(15(4)28)7-6-21(16,11-25)12-27/h8,16,27H,5-7,9-12H2,1-4H3. The van der Waals surface area contributed by atoms with E-state index in [-0.39, 0.29) is 35.4 Å². The van der Waals surface area contributed by atoms with Crippen molar-refractivity contribution in [1.82, 2.24) is 24.7 Å². The third kappa shape index (κ3) is 3.21. The summed E-state index contributed by atoms with van der Waals surface area (Å²) in [5.41, 5.74) is 2.57. The molecule has 4 heterocycles. The number of amides is 2. The highest BCUT2D eigenvalue weighted by Crippen LogP contribution is 2.43. The number of likely N-dealkylation sites (tertiary alicyclic amines) is 2. The lowest BCUT2D eigenvalue weighted by atomic mass is 9.73. The number of fused-ring (bicyclic) bond motifs is 1. The van der Waals surface area contributed by atoms with E-state index in [0.29, 0.717) is 38.4 Å². The quantitative estimate of drug-likeness (QED) is 0.811. The minimum Gasteiger partial charge on any atom is -0.396 e. The van der Waals surface area contributed by atoms with Crippen LogP contribution in [0.4, 0.5) is 0 Å². The number of carbonyl (C=O) groups excluding carboxylic acids is 2. The Kier molecular flexibility index (Phi) is 5.17. The van der Waals surface area contributed by atoms with Crippen LogP contribution in [0.15, 0.2) is 10.6 Å². The molecule has 2 aromatic rings. The molecule has 2 saturated heterocycles. The number of aryl methyl sites for hydroxylation is 2. The molecular weight excluding hydrogens is 386 g/mol. The molecule has 0 bridgehead atoms. The van der Waals surface area contributed by atoms with Crippen molar-refractivity contribution in [3.63, 3.8) is 0 Å². The molecule has 2 atom stereocenters. The molecule has 1 N–H and O–H groups in total. The van der Waals surface area contributed by atoms with Gasteiger partial charge in [-0.25, -0.2) is 0 Å². The van der Waals surface area contributed by atoms with Crippen LogP contribution in [0.25, 0.3) is 11.3 Å². The predicted octanol–water partition coefficient (Wildman–Crippen LogP) is 1.48. The zero-order valence-electron chi connectivity index (χ0n) is 18.0. The van der Waals surface area contributed by atoms with Gasteiger partial charge in [-0.3, -0.25) is 14.3 Å². The molecule has 9 nitrogen and oxygen atoms in total. The molecule has 4 rings (SSSR count). The Balaban J connectivity index is 1.55. The van der Waals surface area contributed by atoms with Crippen LogP contribution >= 0.6 is 0 Å². The first-order valence-electron chi connectivity index (χ1n) is 10.5. The number of carbonyl (C=O) groups is 2. The molecule has 0 radical (unpaired) electrons. The first kappa shape index (κ1) is 20.6. The average Bonchev–Trinajstić information content (AvgIpc) is 3.42. The van der Waals surface area contributed by atoms with E-state index in [1.807, 2.05) is 25.5 Å². The van der Waals surface area contributed by atoms with Gasteiger partial charge in [0.15, 0.2) is 11.5 Å². The number of nitrogens with zero attached hydrogens (tertiary/aromatic N) is 5. The summed E-state index contributed by atoms with van der Waals surface area (Å²) >= 11 is 0. The van der Waals surface area contributed by atoms with E-state index in [9.17, 15) is 14.7 Å². The highest BCUT2D eigenvalue weighted by molar-refractivity contribution is 5.93. The molecule has 2 fully saturated rings. The fourth-order valence-corrected chi connectivity index (χ4v) is 5.00. The molecule has 0 aliphatic carbocycles. The lowest BCUT2D eigenvalue weighted by Gasteiger charge is -2.41. The molecule has 162 valence electrons. The fraction of sp³-hybridized carbons (Fsp3) is 0.619. The second-order valence-electron chi connectivity index (χ2n) is 8.56. The van der Waals surface area contributed by atoms with E-state index in [1.54, 1.807) is 22.8 Å². The molecule has 2 aliphatic heterocycles. The van der Waals surface area contributed by atoms with Crippen molar-refractivity contribution in [2.75, 3.05) is 32.8 Å². The van der Waals surface area contributed by atoms with Crippen LogP contribution in [0, 0.1) is 25.2 Å². The van der Waals surface area contributed by atoms with Gasteiger partial charge < -0.3 is 19.4 Å². The van der Waals surface area contributed by atoms with Crippen molar-refractivity contribution < 1.29 is 19.2 Å². The fourth-order valence-electron chi connectivity index (χ4n) is 5.00. The summed E-state index contributed by atoms with van der Waals surface area (Å²) < 4.78 is 7.41. The van der Waals surface area contributed by atoms with Crippen LogP contribution in [0.5, 0.6) is 0 Å². The number of hydrogen-bond donors (Lipinski definition) is 1. The molecule has 0 aromatic carbocycles. The minimum atomic E-state index is -0.358. The summed E-state index contributed by atoms with van der Waals surface area (Å²) in [6, 6.07) is 1.68. The molecule has 2 aliphatic rings. The number of aliphatic hydroxyl groups is 1. The summed E-state index contributed by atoms with van der Waals surface area (Å²) in [7, 11) is 0. The first-order valence-corrected chi connectivity index (χ1v) is 10.5. The van der Waals surface area contributed by atoms with Gasteiger partial charge >= 0.3 is 0 Å². The van der Waals surface area contributed by atoms with Gasteiger partial charge in [-0.05, 0) is 27.2 Å². The Labute approximate surface area is 175 Å². The van der Waals surface area contributed by atoms with Crippen molar-refractivity contribution >= 4 is 11.8 Å². The van der Waals surface area contributed by atoms with E-state index in [1.165, 1.54) is 0 Å². The van der Waals surface area contributed by atoms with E-state index in [4.69, 9.17) is 4.52 Å². The lowest BCUT2D eigenvalue weighted by molar-refractivity contribution is -0.133. The Morgan fingerprint density at radius 3 is 2.67 bits per heavy atom. The Morgan fingerprint density at radius 1 is 1.30 bits per heavy atom. The zero-order chi connectivity index (χ0) is 21.6. The maximum atomic E-state index is 13.2. The number of aliphatic hydroxyl groups excluding tert-OH is 1. The third-order valence-corrected chi connectivity index (χ3v) is 6.84. The molecule has 0 spiro atoms. The largest absolute Gasteiger partial charge is 0.396 e. The lowest BCUT2D eigenvalue weighted by Crippen LogP contribution is -2.50. The van der Waals surface area contributed by atoms with E-state index < -0.39 is 0 Å². The maximum absolute atomic E-state index is 13.2. The smallest absolute Gasteiger partial charge is 0.276 e. The van der Waals surface area contributed by atoms with Crippen LogP contribution in [0.1, 0.15) is 42.1 Å². The van der Waals surface area contributed by atoms with Crippen molar-refractivity contribution in [3.8, 4) is 11.3 Å². The van der Waals surface area contributed by atoms with Crippen molar-refractivity contribution in [2.45, 2.75) is 40.7 Å². The Bertz CT molecular complexity index is 980. The number of aromatic nitrogens is 3. The molecule has 2 aromatic heterocycles. The molecule has 9 heteroatoms. The molecule has 0 saturated carbocycles. The third-order valence-electron chi connectivity index (χ3n) is 6.84. The number of hydrogen-bond acceptors (Lipinski definition) is 6. The summed E-state index contributed by atoms with van der Waals surface area (Å²) in [4.78, 5) is 28.5. The zero-order valence-corrected chi connectivity index (χ0v) is 18.0. The number of piperidine rings is 1. The normalized spacial score (nSPS) is 23.7. The highest BCUT2D eigenvalue weighted by atomic mass is 16.5. The van der Waals surface area contributed by atoms with E-state index in [0.717, 1.165) is 23.5 Å². The van der Waals surface area contributed by atoms with Crippen LogP contribution in [0.2, 0.25) is 0 Å². The van der Waals surface area contributed by atoms with Gasteiger partial charge in [0, 0.05) is 62.7 Å². The summed E-state index contributed by atoms with van der Waals surface area (Å²) in [6.45, 7) is 10.4. The van der Waals surface area contributed by atoms with Crippen LogP contribution in [0.3, 0.4) is 0 Å². The summed E-state index contributed by atoms with van der Waals surface area (Å²) in [5, 5.41) is 18.6.